The summed E-state index contributed by atoms with van der Waals surface area (Å²) < 4.78 is 12.5. The molecule has 0 aromatic heterocycles. The largest absolute Gasteiger partial charge is 0.206 e. The third-order valence-electron chi connectivity index (χ3n) is 1.06. The monoisotopic (exact) mass is 121 g/mol. The van der Waals surface area contributed by atoms with Crippen molar-refractivity contribution in [3.63, 3.8) is 0 Å². The third-order valence-corrected chi connectivity index (χ3v) is 1.06. The van der Waals surface area contributed by atoms with Gasteiger partial charge in [0.1, 0.15) is 5.82 Å². The van der Waals surface area contributed by atoms with E-state index in [1.165, 1.54) is 6.07 Å². The average Bonchev–Trinajstić information content (AvgIpc) is 1.89. The standard InChI is InChI=1S/C8H6F/c1-2-7-5-3-4-6-8(7)9/h3-6H,1H2. The van der Waals surface area contributed by atoms with Gasteiger partial charge in [0, 0.05) is 5.56 Å². The summed E-state index contributed by atoms with van der Waals surface area (Å²) in [7, 11) is 0. The van der Waals surface area contributed by atoms with Crippen LogP contribution >= 0.6 is 0 Å². The van der Waals surface area contributed by atoms with Gasteiger partial charge >= 0.3 is 0 Å². The van der Waals surface area contributed by atoms with Gasteiger partial charge in [-0.25, -0.2) is 4.39 Å². The van der Waals surface area contributed by atoms with E-state index in [-0.39, 0.29) is 5.82 Å². The molecule has 1 radical (unpaired) electrons. The minimum atomic E-state index is -0.271. The summed E-state index contributed by atoms with van der Waals surface area (Å²) in [6.07, 6.45) is 2.47. The van der Waals surface area contributed by atoms with Crippen molar-refractivity contribution in [2.45, 2.75) is 0 Å². The first kappa shape index (κ1) is 6.02. The van der Waals surface area contributed by atoms with Crippen LogP contribution in [0.4, 0.5) is 4.39 Å². The SMILES string of the molecule is C=[C]c1ccccc1F. The molecule has 0 unspecified atom stereocenters. The molecule has 1 heteroatoms. The predicted octanol–water partition coefficient (Wildman–Crippen LogP) is 2.16. The van der Waals surface area contributed by atoms with Gasteiger partial charge in [0.15, 0.2) is 0 Å². The smallest absolute Gasteiger partial charge is 0.131 e. The van der Waals surface area contributed by atoms with Crippen LogP contribution in [-0.4, -0.2) is 0 Å². The van der Waals surface area contributed by atoms with Crippen LogP contribution in [0.5, 0.6) is 0 Å². The molecule has 0 spiro atoms. The van der Waals surface area contributed by atoms with Crippen LogP contribution in [0, 0.1) is 11.9 Å². The molecule has 0 atom stereocenters. The zero-order valence-electron chi connectivity index (χ0n) is 4.89. The Labute approximate surface area is 53.6 Å². The first-order valence-electron chi connectivity index (χ1n) is 2.62. The molecule has 0 saturated carbocycles. The van der Waals surface area contributed by atoms with Crippen LogP contribution in [0.25, 0.3) is 0 Å². The van der Waals surface area contributed by atoms with Crippen molar-refractivity contribution >= 4 is 0 Å². The molecule has 45 valence electrons. The van der Waals surface area contributed by atoms with Crippen molar-refractivity contribution in [3.05, 3.63) is 48.3 Å². The number of hydrogen-bond donors (Lipinski definition) is 0. The van der Waals surface area contributed by atoms with Gasteiger partial charge < -0.3 is 0 Å². The summed E-state index contributed by atoms with van der Waals surface area (Å²) >= 11 is 0. The van der Waals surface area contributed by atoms with Crippen molar-refractivity contribution < 1.29 is 4.39 Å². The second-order valence-electron chi connectivity index (χ2n) is 1.66. The fourth-order valence-electron chi connectivity index (χ4n) is 0.605. The lowest BCUT2D eigenvalue weighted by Crippen LogP contribution is -1.78. The average molecular weight is 121 g/mol. The molecular formula is C8H6F. The lowest BCUT2D eigenvalue weighted by Gasteiger charge is -1.90. The highest BCUT2D eigenvalue weighted by atomic mass is 19.1. The van der Waals surface area contributed by atoms with Gasteiger partial charge in [-0.3, -0.25) is 0 Å². The van der Waals surface area contributed by atoms with E-state index in [1.807, 2.05) is 0 Å². The summed E-state index contributed by atoms with van der Waals surface area (Å²) in [6.45, 7) is 3.33. The maximum Gasteiger partial charge on any atom is 0.131 e. The topological polar surface area (TPSA) is 0 Å². The summed E-state index contributed by atoms with van der Waals surface area (Å²) in [5, 5.41) is 0. The van der Waals surface area contributed by atoms with Gasteiger partial charge in [-0.1, -0.05) is 24.8 Å². The summed E-state index contributed by atoms with van der Waals surface area (Å²) in [6, 6.07) is 6.39. The molecule has 1 aromatic carbocycles. The van der Waals surface area contributed by atoms with E-state index in [0.717, 1.165) is 0 Å². The number of halogens is 1. The van der Waals surface area contributed by atoms with Crippen LogP contribution in [0.3, 0.4) is 0 Å². The Morgan fingerprint density at radius 2 is 2.00 bits per heavy atom. The lowest BCUT2D eigenvalue weighted by atomic mass is 10.2. The quantitative estimate of drug-likeness (QED) is 0.534. The van der Waals surface area contributed by atoms with E-state index in [2.05, 4.69) is 12.7 Å². The minimum Gasteiger partial charge on any atom is -0.206 e. The molecule has 9 heavy (non-hydrogen) atoms. The highest BCUT2D eigenvalue weighted by molar-refractivity contribution is 5.22. The molecule has 0 aliphatic heterocycles. The Hall–Kier alpha value is -1.11. The molecule has 0 fully saturated rings. The molecule has 0 amide bonds. The van der Waals surface area contributed by atoms with Gasteiger partial charge in [-0.05, 0) is 12.1 Å². The lowest BCUT2D eigenvalue weighted by molar-refractivity contribution is 0.622. The number of benzene rings is 1. The van der Waals surface area contributed by atoms with Crippen molar-refractivity contribution in [1.29, 1.82) is 0 Å². The van der Waals surface area contributed by atoms with Crippen LogP contribution < -0.4 is 0 Å². The van der Waals surface area contributed by atoms with Crippen molar-refractivity contribution in [3.8, 4) is 0 Å². The Kier molecular flexibility index (Phi) is 1.63. The molecule has 0 heterocycles. The molecule has 0 aliphatic rings. The Balaban J connectivity index is 3.15. The zero-order chi connectivity index (χ0) is 6.69. The molecule has 0 nitrogen and oxygen atoms in total. The fourth-order valence-corrected chi connectivity index (χ4v) is 0.605. The van der Waals surface area contributed by atoms with Gasteiger partial charge in [0.05, 0.1) is 0 Å². The van der Waals surface area contributed by atoms with E-state index >= 15 is 0 Å². The maximum absolute atomic E-state index is 12.5. The van der Waals surface area contributed by atoms with E-state index in [4.69, 9.17) is 0 Å². The van der Waals surface area contributed by atoms with Crippen molar-refractivity contribution in [1.82, 2.24) is 0 Å². The Morgan fingerprint density at radius 1 is 1.33 bits per heavy atom. The van der Waals surface area contributed by atoms with Crippen molar-refractivity contribution in [2.24, 2.45) is 0 Å². The van der Waals surface area contributed by atoms with E-state index in [9.17, 15) is 4.39 Å². The van der Waals surface area contributed by atoms with Gasteiger partial charge in [0.2, 0.25) is 0 Å². The Morgan fingerprint density at radius 3 is 2.44 bits per heavy atom. The van der Waals surface area contributed by atoms with E-state index < -0.39 is 0 Å². The predicted molar refractivity (Wildman–Crippen MR) is 34.4 cm³/mol. The second-order valence-corrected chi connectivity index (χ2v) is 1.66. The summed E-state index contributed by atoms with van der Waals surface area (Å²) in [5.74, 6) is -0.271. The molecule has 0 bridgehead atoms. The molecule has 0 aliphatic carbocycles. The first-order valence-corrected chi connectivity index (χ1v) is 2.62. The van der Waals surface area contributed by atoms with Crippen LogP contribution in [0.2, 0.25) is 0 Å². The molecule has 0 N–H and O–H groups in total. The fraction of sp³-hybridized carbons (Fsp3) is 0. The normalized spacial score (nSPS) is 9.00. The minimum absolute atomic E-state index is 0.271. The van der Waals surface area contributed by atoms with Gasteiger partial charge in [-0.15, -0.1) is 0 Å². The third kappa shape index (κ3) is 1.17. The van der Waals surface area contributed by atoms with Gasteiger partial charge in [0.25, 0.3) is 0 Å². The molecule has 1 rings (SSSR count). The molecule has 1 aromatic rings. The maximum atomic E-state index is 12.5. The zero-order valence-corrected chi connectivity index (χ0v) is 4.89. The van der Waals surface area contributed by atoms with Crippen molar-refractivity contribution in [2.75, 3.05) is 0 Å². The molecule has 0 saturated heterocycles. The second kappa shape index (κ2) is 2.44. The number of hydrogen-bond acceptors (Lipinski definition) is 0. The summed E-state index contributed by atoms with van der Waals surface area (Å²) in [4.78, 5) is 0. The highest BCUT2D eigenvalue weighted by Crippen LogP contribution is 2.04. The first-order chi connectivity index (χ1) is 4.34. The summed E-state index contributed by atoms with van der Waals surface area (Å²) in [5.41, 5.74) is 0.428. The van der Waals surface area contributed by atoms with E-state index in [0.29, 0.717) is 5.56 Å². The molecular weight excluding hydrogens is 115 g/mol. The van der Waals surface area contributed by atoms with Crippen LogP contribution in [0.15, 0.2) is 30.8 Å². The Bertz CT molecular complexity index is 216. The number of rotatable bonds is 1. The van der Waals surface area contributed by atoms with E-state index in [1.54, 1.807) is 18.2 Å². The highest BCUT2D eigenvalue weighted by Gasteiger charge is 1.92. The van der Waals surface area contributed by atoms with Gasteiger partial charge in [-0.2, -0.15) is 0 Å². The van der Waals surface area contributed by atoms with Crippen LogP contribution in [0.1, 0.15) is 5.56 Å². The van der Waals surface area contributed by atoms with Crippen LogP contribution in [-0.2, 0) is 0 Å².